The van der Waals surface area contributed by atoms with Crippen LogP contribution in [0, 0.1) is 51.3 Å². The summed E-state index contributed by atoms with van der Waals surface area (Å²) in [7, 11) is 0. The Morgan fingerprint density at radius 2 is 0.333 bits per heavy atom. The van der Waals surface area contributed by atoms with Gasteiger partial charge in [0.05, 0.1) is 0 Å². The maximum absolute atomic E-state index is 6.72. The molecular formula is C43H66N7W+. The topological polar surface area (TPSA) is 49.9 Å². The fraction of sp³-hybridized carbons (Fsp3) is 0.837. The number of hydrogen-bond donors (Lipinski definition) is 0. The van der Waals surface area contributed by atoms with E-state index in [1.54, 1.807) is 0 Å². The van der Waals surface area contributed by atoms with Gasteiger partial charge in [0.1, 0.15) is 0 Å². The van der Waals surface area contributed by atoms with Crippen molar-refractivity contribution >= 4 is 0 Å². The van der Waals surface area contributed by atoms with Crippen LogP contribution in [0.3, 0.4) is 0 Å². The molecule has 6 saturated carbocycles. The molecule has 0 aliphatic heterocycles. The van der Waals surface area contributed by atoms with E-state index < -0.39 is 0 Å². The predicted octanol–water partition coefficient (Wildman–Crippen LogP) is 13.5. The first-order chi connectivity index (χ1) is 24.6. The molecule has 6 rings (SSSR count). The summed E-state index contributed by atoms with van der Waals surface area (Å²) in [6, 6.07) is 2.27. The van der Waals surface area contributed by atoms with Gasteiger partial charge in [-0.2, -0.15) is 0 Å². The van der Waals surface area contributed by atoms with E-state index in [9.17, 15) is 0 Å². The summed E-state index contributed by atoms with van der Waals surface area (Å²) in [5, 5.41) is 6.25. The largest absolute Gasteiger partial charge is 2.00 e. The molecule has 6 fully saturated rings. The molecule has 0 amide bonds. The number of nitrogens with zero attached hydrogens (tertiary/aromatic N) is 7. The molecule has 278 valence electrons. The van der Waals surface area contributed by atoms with Gasteiger partial charge >= 0.3 is 21.1 Å². The molecular weight excluding hydrogens is 798 g/mol. The van der Waals surface area contributed by atoms with Crippen molar-refractivity contribution in [2.75, 3.05) is 0 Å². The van der Waals surface area contributed by atoms with Crippen molar-refractivity contribution in [3.8, 4) is 0 Å². The average Bonchev–Trinajstić information content (AvgIpc) is 3.24. The van der Waals surface area contributed by atoms with Crippen molar-refractivity contribution in [2.24, 2.45) is 0 Å². The summed E-state index contributed by atoms with van der Waals surface area (Å²) in [6.07, 6.45) is 37.4. The molecule has 6 aliphatic rings. The van der Waals surface area contributed by atoms with Crippen LogP contribution in [-0.2, 0) is 21.1 Å². The molecule has 0 radical (unpaired) electrons. The van der Waals surface area contributed by atoms with Crippen LogP contribution in [0.1, 0.15) is 193 Å². The van der Waals surface area contributed by atoms with Crippen molar-refractivity contribution in [2.45, 2.75) is 229 Å². The van der Waals surface area contributed by atoms with E-state index in [4.69, 9.17) is 51.3 Å². The first-order valence-electron chi connectivity index (χ1n) is 20.0. The Labute approximate surface area is 328 Å². The van der Waals surface area contributed by atoms with Crippen LogP contribution in [-0.4, -0.2) is 36.3 Å². The molecule has 0 saturated heterocycles. The molecule has 0 bridgehead atoms. The van der Waals surface area contributed by atoms with Crippen LogP contribution >= 0.6 is 0 Å². The second kappa shape index (κ2) is 38.4. The minimum Gasteiger partial charge on any atom is -0.512 e. The predicted molar refractivity (Wildman–Crippen MR) is 206 cm³/mol. The molecule has 0 aromatic rings. The Bertz CT molecular complexity index is 842. The van der Waals surface area contributed by atoms with Crippen molar-refractivity contribution in [1.82, 2.24) is 0 Å². The van der Waals surface area contributed by atoms with E-state index in [0.29, 0.717) is 36.3 Å². The molecule has 0 spiro atoms. The molecule has 0 aromatic heterocycles. The summed E-state index contributed by atoms with van der Waals surface area (Å²) in [6.45, 7) is 45.1. The van der Waals surface area contributed by atoms with E-state index in [0.717, 1.165) is 77.0 Å². The number of hydrogen-bond acceptors (Lipinski definition) is 1. The number of rotatable bonds is 0. The Hall–Kier alpha value is -2.88. The molecule has 6 aliphatic carbocycles. The fourth-order valence-electron chi connectivity index (χ4n) is 7.26. The van der Waals surface area contributed by atoms with Crippen LogP contribution in [0.4, 0.5) is 0 Å². The zero-order valence-electron chi connectivity index (χ0n) is 31.7. The van der Waals surface area contributed by atoms with Gasteiger partial charge in [-0.15, -0.1) is 0 Å². The van der Waals surface area contributed by atoms with E-state index >= 15 is 0 Å². The van der Waals surface area contributed by atoms with E-state index in [1.807, 2.05) is 0 Å². The molecule has 8 heteroatoms. The van der Waals surface area contributed by atoms with Gasteiger partial charge in [0, 0.05) is 77.0 Å². The quantitative estimate of drug-likeness (QED) is 0.224. The first kappa shape index (κ1) is 50.2. The molecule has 0 unspecified atom stereocenters. The van der Waals surface area contributed by atoms with E-state index in [1.165, 1.54) is 116 Å². The summed E-state index contributed by atoms with van der Waals surface area (Å²) in [4.78, 5) is 21.0. The van der Waals surface area contributed by atoms with Crippen LogP contribution in [0.15, 0.2) is 0 Å². The maximum atomic E-state index is 6.72. The third-order valence-electron chi connectivity index (χ3n) is 10.5. The first-order valence-corrected chi connectivity index (χ1v) is 20.0. The van der Waals surface area contributed by atoms with Crippen LogP contribution < -0.4 is 0 Å². The molecule has 0 aromatic carbocycles. The third kappa shape index (κ3) is 29.4. The van der Waals surface area contributed by atoms with Gasteiger partial charge in [-0.3, -0.25) is 0 Å². The summed E-state index contributed by atoms with van der Waals surface area (Å²) >= 11 is 0. The van der Waals surface area contributed by atoms with Crippen LogP contribution in [0.5, 0.6) is 0 Å². The van der Waals surface area contributed by atoms with Gasteiger partial charge in [0.15, 0.2) is 0 Å². The molecule has 51 heavy (non-hydrogen) atoms. The Morgan fingerprint density at radius 1 is 0.235 bits per heavy atom. The minimum atomic E-state index is 0. The van der Waals surface area contributed by atoms with Gasteiger partial charge in [-0.25, -0.2) is 39.4 Å². The standard InChI is InChI=1S/6C7H11N.CN.W/c6*1-8-7-5-3-2-4-6-7;1-2;/h6*7H,2-6H2;;/q;;;;;;-1;+2. The van der Waals surface area contributed by atoms with E-state index in [2.05, 4.69) is 29.1 Å². The normalized spacial score (nSPS) is 21.1. The van der Waals surface area contributed by atoms with Crippen molar-refractivity contribution in [3.63, 3.8) is 0 Å². The van der Waals surface area contributed by atoms with Crippen LogP contribution in [0.2, 0.25) is 0 Å². The summed E-state index contributed by atoms with van der Waals surface area (Å²) in [5.41, 5.74) is 0. The van der Waals surface area contributed by atoms with Gasteiger partial charge in [-0.05, 0) is 77.0 Å². The van der Waals surface area contributed by atoms with Crippen molar-refractivity contribution in [3.05, 3.63) is 75.1 Å². The van der Waals surface area contributed by atoms with E-state index in [-0.39, 0.29) is 21.1 Å². The summed E-state index contributed by atoms with van der Waals surface area (Å²) in [5.74, 6) is 0. The Balaban J connectivity index is 0. The monoisotopic (exact) mass is 864 g/mol. The van der Waals surface area contributed by atoms with Crippen molar-refractivity contribution in [1.29, 1.82) is 5.26 Å². The SMILES string of the molecule is [C-]#N.[C-]#[N+]C1CCCCC1.[C-]#[N+]C1CCCCC1.[C-]#[N+]C1CCCCC1.[C-]#[N+]C1CCCCC1.[C-]#[N+]C1CCCCC1.[C-]#[N+]C1CCCCC1.[W+2]. The molecule has 7 nitrogen and oxygen atoms in total. The van der Waals surface area contributed by atoms with Gasteiger partial charge in [-0.1, -0.05) is 38.5 Å². The zero-order valence-corrected chi connectivity index (χ0v) is 34.6. The Kier molecular flexibility index (Phi) is 37.8. The second-order valence-corrected chi connectivity index (χ2v) is 14.5. The zero-order chi connectivity index (χ0) is 36.9. The molecule has 0 heterocycles. The van der Waals surface area contributed by atoms with Crippen molar-refractivity contribution < 1.29 is 21.1 Å². The third-order valence-corrected chi connectivity index (χ3v) is 10.5. The van der Waals surface area contributed by atoms with Gasteiger partial charge in [0.2, 0.25) is 36.3 Å². The van der Waals surface area contributed by atoms with Crippen LogP contribution in [0.25, 0.3) is 29.1 Å². The average molecular weight is 865 g/mol. The molecule has 0 N–H and O–H groups in total. The Morgan fingerprint density at radius 3 is 0.392 bits per heavy atom. The fourth-order valence-corrected chi connectivity index (χ4v) is 7.26. The minimum absolute atomic E-state index is 0. The van der Waals surface area contributed by atoms with Gasteiger partial charge < -0.3 is 40.9 Å². The smallest absolute Gasteiger partial charge is 0.512 e. The molecule has 0 atom stereocenters. The maximum Gasteiger partial charge on any atom is 2.00 e. The summed E-state index contributed by atoms with van der Waals surface area (Å²) < 4.78 is 0. The second-order valence-electron chi connectivity index (χ2n) is 14.5. The van der Waals surface area contributed by atoms with Gasteiger partial charge in [0.25, 0.3) is 0 Å².